The molecule has 0 spiro atoms. The Hall–Kier alpha value is -7.32. The van der Waals surface area contributed by atoms with Gasteiger partial charge in [-0.15, -0.1) is 22.7 Å². The highest BCUT2D eigenvalue weighted by Gasteiger charge is 2.27. The summed E-state index contributed by atoms with van der Waals surface area (Å²) in [6.07, 6.45) is 0. The van der Waals surface area contributed by atoms with Gasteiger partial charge in [0.15, 0.2) is 5.58 Å². The molecule has 7 heteroatoms. The molecule has 8 aromatic carbocycles. The zero-order valence-corrected chi connectivity index (χ0v) is 32.7. The fourth-order valence-corrected chi connectivity index (χ4v) is 12.4. The summed E-state index contributed by atoms with van der Waals surface area (Å²) in [5, 5.41) is 11.2. The molecule has 0 radical (unpaired) electrons. The van der Waals surface area contributed by atoms with Gasteiger partial charge in [-0.2, -0.15) is 0 Å². The van der Waals surface area contributed by atoms with Crippen LogP contribution < -0.4 is 0 Å². The molecule has 272 valence electrons. The van der Waals surface area contributed by atoms with Crippen molar-refractivity contribution < 1.29 is 4.42 Å². The van der Waals surface area contributed by atoms with Gasteiger partial charge in [-0.3, -0.25) is 4.57 Å². The topological polar surface area (TPSA) is 48.3 Å². The number of hydrogen-bond acceptors (Lipinski definition) is 5. The van der Waals surface area contributed by atoms with Gasteiger partial charge in [0.25, 0.3) is 0 Å². The lowest BCUT2D eigenvalue weighted by atomic mass is 10.0. The van der Waals surface area contributed by atoms with Crippen LogP contribution in [0.1, 0.15) is 0 Å². The third-order valence-corrected chi connectivity index (χ3v) is 15.0. The van der Waals surface area contributed by atoms with E-state index in [4.69, 9.17) is 14.4 Å². The first-order valence-corrected chi connectivity index (χ1v) is 21.5. The third kappa shape index (κ3) is 3.85. The van der Waals surface area contributed by atoms with Crippen LogP contribution in [0.5, 0.6) is 0 Å². The van der Waals surface area contributed by atoms with E-state index in [0.29, 0.717) is 11.5 Å². The maximum absolute atomic E-state index is 6.63. The van der Waals surface area contributed by atoms with Gasteiger partial charge in [0.1, 0.15) is 16.8 Å². The molecular formula is C52H26N4OS2. The van der Waals surface area contributed by atoms with Crippen molar-refractivity contribution in [1.82, 2.24) is 18.9 Å². The van der Waals surface area contributed by atoms with Crippen LogP contribution in [-0.4, -0.2) is 18.9 Å². The van der Waals surface area contributed by atoms with E-state index in [1.54, 1.807) is 0 Å². The first kappa shape index (κ1) is 30.8. The lowest BCUT2D eigenvalue weighted by Gasteiger charge is -2.10. The number of benzene rings is 8. The second-order valence-corrected chi connectivity index (χ2v) is 17.8. The Morgan fingerprint density at radius 3 is 2.03 bits per heavy atom. The number of fused-ring (bicyclic) bond motifs is 10. The molecule has 0 unspecified atom stereocenters. The lowest BCUT2D eigenvalue weighted by molar-refractivity contribution is 0.666. The average molecular weight is 787 g/mol. The van der Waals surface area contributed by atoms with Crippen LogP contribution in [0.25, 0.3) is 140 Å². The second-order valence-electron chi connectivity index (χ2n) is 15.7. The highest BCUT2D eigenvalue weighted by Crippen LogP contribution is 2.50. The van der Waals surface area contributed by atoms with Crippen LogP contribution in [0, 0.1) is 0 Å². The zero-order valence-electron chi connectivity index (χ0n) is 31.0. The Morgan fingerprint density at radius 2 is 1.10 bits per heavy atom. The third-order valence-electron chi connectivity index (χ3n) is 12.7. The molecule has 15 aromatic rings. The number of hydrogen-bond donors (Lipinski definition) is 0. The van der Waals surface area contributed by atoms with Crippen LogP contribution in [0.15, 0.2) is 162 Å². The Bertz CT molecular complexity index is 4250. The van der Waals surface area contributed by atoms with Crippen molar-refractivity contribution in [2.45, 2.75) is 0 Å². The van der Waals surface area contributed by atoms with Gasteiger partial charge in [-0.05, 0) is 77.9 Å². The van der Waals surface area contributed by atoms with Crippen molar-refractivity contribution in [1.29, 1.82) is 0 Å². The first-order valence-electron chi connectivity index (χ1n) is 19.8. The Morgan fingerprint density at radius 1 is 0.424 bits per heavy atom. The molecule has 5 nitrogen and oxygen atoms in total. The molecule has 0 saturated carbocycles. The van der Waals surface area contributed by atoms with E-state index < -0.39 is 0 Å². The molecule has 0 saturated heterocycles. The van der Waals surface area contributed by atoms with E-state index in [0.717, 1.165) is 44.3 Å². The predicted octanol–water partition coefficient (Wildman–Crippen LogP) is 15.0. The molecule has 0 N–H and O–H groups in total. The Balaban J connectivity index is 1.01. The number of para-hydroxylation sites is 2. The molecule has 0 aliphatic heterocycles. The van der Waals surface area contributed by atoms with E-state index in [1.165, 1.54) is 84.0 Å². The fraction of sp³-hybridized carbons (Fsp3) is 0. The van der Waals surface area contributed by atoms with E-state index in [2.05, 4.69) is 155 Å². The van der Waals surface area contributed by atoms with Crippen LogP contribution in [0.2, 0.25) is 0 Å². The summed E-state index contributed by atoms with van der Waals surface area (Å²) in [7, 11) is 0. The van der Waals surface area contributed by atoms with Gasteiger partial charge >= 0.3 is 0 Å². The molecular weight excluding hydrogens is 761 g/mol. The summed E-state index contributed by atoms with van der Waals surface area (Å²) in [4.78, 5) is 10.9. The summed E-state index contributed by atoms with van der Waals surface area (Å²) >= 11 is 3.72. The van der Waals surface area contributed by atoms with Gasteiger partial charge in [0, 0.05) is 72.8 Å². The van der Waals surface area contributed by atoms with Crippen LogP contribution >= 0.6 is 22.7 Å². The SMILES string of the molecule is c1ccc2c(c1)oc1c(-c3ccc(-c4ccc5sc6ccccc6c5c4)cc3)nc(-n3c4ccc5sc6ccc7c8ccccc8n8c9cccc3c9c4c5c6c78)nc12. The van der Waals surface area contributed by atoms with E-state index >= 15 is 0 Å². The summed E-state index contributed by atoms with van der Waals surface area (Å²) < 4.78 is 16.6. The van der Waals surface area contributed by atoms with Crippen molar-refractivity contribution in [2.24, 2.45) is 0 Å². The van der Waals surface area contributed by atoms with Gasteiger partial charge in [-0.25, -0.2) is 9.97 Å². The molecule has 59 heavy (non-hydrogen) atoms. The van der Waals surface area contributed by atoms with E-state index in [1.807, 2.05) is 34.8 Å². The number of rotatable bonds is 3. The first-order chi connectivity index (χ1) is 29.2. The Kier molecular flexibility index (Phi) is 5.63. The quantitative estimate of drug-likeness (QED) is 0.179. The van der Waals surface area contributed by atoms with Crippen molar-refractivity contribution >= 4 is 134 Å². The Labute approximate surface area is 341 Å². The van der Waals surface area contributed by atoms with E-state index in [-0.39, 0.29) is 0 Å². The molecule has 0 aliphatic carbocycles. The van der Waals surface area contributed by atoms with Gasteiger partial charge in [0.05, 0.1) is 27.6 Å². The molecule has 0 fully saturated rings. The minimum absolute atomic E-state index is 0.622. The summed E-state index contributed by atoms with van der Waals surface area (Å²) in [6, 6.07) is 57.2. The van der Waals surface area contributed by atoms with Crippen LogP contribution in [0.3, 0.4) is 0 Å². The summed E-state index contributed by atoms with van der Waals surface area (Å²) in [5.74, 6) is 0.622. The van der Waals surface area contributed by atoms with Crippen molar-refractivity contribution in [3.8, 4) is 28.3 Å². The number of nitrogens with zero attached hydrogens (tertiary/aromatic N) is 4. The highest BCUT2D eigenvalue weighted by molar-refractivity contribution is 7.26. The van der Waals surface area contributed by atoms with Gasteiger partial charge in [0.2, 0.25) is 5.95 Å². The minimum atomic E-state index is 0.622. The van der Waals surface area contributed by atoms with Crippen molar-refractivity contribution in [2.75, 3.05) is 0 Å². The fourth-order valence-electron chi connectivity index (χ4n) is 10.2. The normalized spacial score (nSPS) is 12.7. The van der Waals surface area contributed by atoms with E-state index in [9.17, 15) is 0 Å². The van der Waals surface area contributed by atoms with Gasteiger partial charge < -0.3 is 8.82 Å². The lowest BCUT2D eigenvalue weighted by Crippen LogP contribution is -2.03. The average Bonchev–Trinajstić information content (AvgIpc) is 4.08. The maximum Gasteiger partial charge on any atom is 0.236 e. The predicted molar refractivity (Wildman–Crippen MR) is 249 cm³/mol. The number of furan rings is 1. The standard InChI is InChI=1S/C52H26N4OS2/c1-4-11-35-30(8-1)32-21-24-43-47-46-42(59-43)25-22-38-45(46)44-36(55(35)50(32)47)12-7-13-37(44)56(38)52-53-48(51-49(54-52)33-10-2-5-14-39(33)57-51)28-18-16-27(17-19-28)29-20-23-41-34(26-29)31-9-3-6-15-40(31)58-41/h1-26H. The van der Waals surface area contributed by atoms with Crippen LogP contribution in [0.4, 0.5) is 0 Å². The molecule has 7 heterocycles. The summed E-state index contributed by atoms with van der Waals surface area (Å²) in [6.45, 7) is 0. The number of aromatic nitrogens is 4. The van der Waals surface area contributed by atoms with Gasteiger partial charge in [-0.1, -0.05) is 91.0 Å². The minimum Gasteiger partial charge on any atom is -0.452 e. The number of thiophene rings is 2. The second kappa shape index (κ2) is 10.8. The molecule has 0 amide bonds. The summed E-state index contributed by atoms with van der Waals surface area (Å²) in [5.41, 5.74) is 12.2. The monoisotopic (exact) mass is 786 g/mol. The van der Waals surface area contributed by atoms with Crippen molar-refractivity contribution in [3.05, 3.63) is 158 Å². The van der Waals surface area contributed by atoms with Crippen molar-refractivity contribution in [3.63, 3.8) is 0 Å². The maximum atomic E-state index is 6.63. The molecule has 15 rings (SSSR count). The smallest absolute Gasteiger partial charge is 0.236 e. The molecule has 0 bridgehead atoms. The molecule has 0 aliphatic rings. The molecule has 0 atom stereocenters. The molecule has 7 aromatic heterocycles. The van der Waals surface area contributed by atoms with Crippen LogP contribution in [-0.2, 0) is 0 Å². The largest absolute Gasteiger partial charge is 0.452 e. The zero-order chi connectivity index (χ0) is 38.1. The highest BCUT2D eigenvalue weighted by atomic mass is 32.1.